The van der Waals surface area contributed by atoms with Crippen LogP contribution in [0.2, 0.25) is 10.0 Å². The van der Waals surface area contributed by atoms with Gasteiger partial charge in [-0.25, -0.2) is 4.39 Å². The molecule has 2 aliphatic heterocycles. The molecule has 0 aromatic heterocycles. The molecule has 0 saturated carbocycles. The highest BCUT2D eigenvalue weighted by Crippen LogP contribution is 2.57. The number of carbonyl (C=O) groups is 2. The van der Waals surface area contributed by atoms with E-state index >= 15 is 0 Å². The van der Waals surface area contributed by atoms with Crippen molar-refractivity contribution in [1.29, 1.82) is 0 Å². The first-order valence-electron chi connectivity index (χ1n) is 12.3. The van der Waals surface area contributed by atoms with Gasteiger partial charge in [0.25, 0.3) is 0 Å². The van der Waals surface area contributed by atoms with Gasteiger partial charge in [0.05, 0.1) is 23.8 Å². The van der Waals surface area contributed by atoms with Crippen molar-refractivity contribution >= 4 is 53.1 Å². The summed E-state index contributed by atoms with van der Waals surface area (Å²) in [6.07, 6.45) is -0.282. The van der Waals surface area contributed by atoms with Crippen LogP contribution in [0.25, 0.3) is 0 Å². The Balaban J connectivity index is 0.00000400. The Labute approximate surface area is 237 Å². The van der Waals surface area contributed by atoms with Gasteiger partial charge in [-0.05, 0) is 53.6 Å². The molecule has 7 nitrogen and oxygen atoms in total. The minimum Gasteiger partial charge on any atom is -0.394 e. The number of halogens is 4. The number of fused-ring (bicyclic) bond motifs is 2. The van der Waals surface area contributed by atoms with Gasteiger partial charge in [0, 0.05) is 29.2 Å². The molecular weight excluding hydrogens is 556 g/mol. The number of rotatable bonds is 7. The number of aliphatic hydroxyl groups excluding tert-OH is 2. The largest absolute Gasteiger partial charge is 0.394 e. The van der Waals surface area contributed by atoms with Crippen LogP contribution in [0.4, 0.5) is 10.1 Å². The number of hydrogen-bond donors (Lipinski definition) is 5. The molecule has 0 bridgehead atoms. The number of carbonyl (C=O) groups excluding carboxylic acids is 2. The Hall–Kier alpha value is -1.94. The quantitative estimate of drug-likeness (QED) is 0.334. The van der Waals surface area contributed by atoms with E-state index in [2.05, 4.69) is 16.0 Å². The average molecular weight is 589 g/mol. The predicted octanol–water partition coefficient (Wildman–Crippen LogP) is 4.16. The highest BCUT2D eigenvalue weighted by atomic mass is 35.5. The van der Waals surface area contributed by atoms with Crippen LogP contribution in [0, 0.1) is 11.2 Å². The fourth-order valence-electron chi connectivity index (χ4n) is 5.70. The lowest BCUT2D eigenvalue weighted by molar-refractivity contribution is -0.124. The third-order valence-electron chi connectivity index (χ3n) is 7.18. The molecule has 5 atom stereocenters. The molecule has 1 saturated heterocycles. The second-order valence-corrected chi connectivity index (χ2v) is 11.9. The zero-order chi connectivity index (χ0) is 27.1. The molecule has 4 rings (SSSR count). The molecule has 2 heterocycles. The summed E-state index contributed by atoms with van der Waals surface area (Å²) in [4.78, 5) is 27.6. The van der Waals surface area contributed by atoms with Gasteiger partial charge in [-0.15, -0.1) is 12.4 Å². The summed E-state index contributed by atoms with van der Waals surface area (Å²) < 4.78 is 14.9. The maximum absolute atomic E-state index is 14.9. The van der Waals surface area contributed by atoms with Crippen molar-refractivity contribution in [3.63, 3.8) is 0 Å². The second-order valence-electron chi connectivity index (χ2n) is 11.0. The first-order valence-corrected chi connectivity index (χ1v) is 13.0. The molecule has 0 radical (unpaired) electrons. The van der Waals surface area contributed by atoms with Gasteiger partial charge in [0.1, 0.15) is 11.2 Å². The van der Waals surface area contributed by atoms with Crippen molar-refractivity contribution in [2.24, 2.45) is 5.41 Å². The number of benzene rings is 2. The molecule has 11 heteroatoms. The van der Waals surface area contributed by atoms with E-state index in [0.717, 1.165) is 0 Å². The van der Waals surface area contributed by atoms with Crippen molar-refractivity contribution in [1.82, 2.24) is 10.6 Å². The van der Waals surface area contributed by atoms with Crippen molar-refractivity contribution in [3.8, 4) is 0 Å². The van der Waals surface area contributed by atoms with Crippen LogP contribution >= 0.6 is 35.6 Å². The highest BCUT2D eigenvalue weighted by molar-refractivity contribution is 6.31. The Kier molecular flexibility index (Phi) is 9.39. The molecule has 0 unspecified atom stereocenters. The Bertz CT molecular complexity index is 1210. The van der Waals surface area contributed by atoms with E-state index in [-0.39, 0.29) is 47.6 Å². The molecule has 208 valence electrons. The van der Waals surface area contributed by atoms with E-state index < -0.39 is 41.9 Å². The topological polar surface area (TPSA) is 111 Å². The van der Waals surface area contributed by atoms with E-state index in [0.29, 0.717) is 28.3 Å². The zero-order valence-electron chi connectivity index (χ0n) is 21.4. The van der Waals surface area contributed by atoms with Gasteiger partial charge in [0.15, 0.2) is 0 Å². The van der Waals surface area contributed by atoms with E-state index in [1.54, 1.807) is 18.2 Å². The monoisotopic (exact) mass is 587 g/mol. The lowest BCUT2D eigenvalue weighted by Gasteiger charge is -2.37. The summed E-state index contributed by atoms with van der Waals surface area (Å²) in [5.74, 6) is -2.10. The van der Waals surface area contributed by atoms with Gasteiger partial charge in [0.2, 0.25) is 11.8 Å². The Morgan fingerprint density at radius 1 is 1.24 bits per heavy atom. The molecule has 2 amide bonds. The van der Waals surface area contributed by atoms with Crippen LogP contribution < -0.4 is 16.0 Å². The van der Waals surface area contributed by atoms with Crippen molar-refractivity contribution < 1.29 is 24.2 Å². The van der Waals surface area contributed by atoms with Crippen LogP contribution in [0.3, 0.4) is 0 Å². The first-order chi connectivity index (χ1) is 17.4. The third kappa shape index (κ3) is 5.67. The first kappa shape index (κ1) is 30.6. The summed E-state index contributed by atoms with van der Waals surface area (Å²) in [7, 11) is 0. The van der Waals surface area contributed by atoms with E-state index in [1.807, 2.05) is 26.8 Å². The maximum atomic E-state index is 14.9. The van der Waals surface area contributed by atoms with Gasteiger partial charge >= 0.3 is 0 Å². The van der Waals surface area contributed by atoms with Gasteiger partial charge in [-0.3, -0.25) is 9.59 Å². The summed E-state index contributed by atoms with van der Waals surface area (Å²) in [5.41, 5.74) is -0.0573. The lowest BCUT2D eigenvalue weighted by Crippen LogP contribution is -2.49. The van der Waals surface area contributed by atoms with Crippen molar-refractivity contribution in [3.05, 3.63) is 63.4 Å². The SMILES string of the molecule is CC(C)(C)C[C@H]1N[C@@H](C(=O)NCC[C@H](O)CO)[C@H](c2cccc(Cl)c2)[C@@]12C(=O)Nc1cc(Cl)c(F)cc12.Cl. The van der Waals surface area contributed by atoms with Crippen LogP contribution in [-0.2, 0) is 15.0 Å². The summed E-state index contributed by atoms with van der Waals surface area (Å²) in [6, 6.07) is 8.30. The normalized spacial score (nSPS) is 25.1. The fourth-order valence-corrected chi connectivity index (χ4v) is 6.06. The van der Waals surface area contributed by atoms with Crippen molar-refractivity contribution in [2.45, 2.75) is 63.1 Å². The Morgan fingerprint density at radius 2 is 1.95 bits per heavy atom. The number of hydrogen-bond acceptors (Lipinski definition) is 5. The summed E-state index contributed by atoms with van der Waals surface area (Å²) in [6.45, 7) is 5.83. The molecule has 1 spiro atoms. The van der Waals surface area contributed by atoms with E-state index in [4.69, 9.17) is 28.3 Å². The number of anilines is 1. The minimum atomic E-state index is -1.33. The standard InChI is InChI=1S/C27H32Cl2FN3O4.ClH/c1-26(2,3)12-21-27(17-10-19(30)18(29)11-20(17)32-25(27)37)22(14-5-4-6-15(28)9-14)23(33-21)24(36)31-8-7-16(35)13-34;/h4-6,9-11,16,21-23,33-35H,7-8,12-13H2,1-3H3,(H,31,36)(H,32,37);1H/t16-,21+,22-,23+,27-;/m0./s1. The molecule has 2 aromatic rings. The molecule has 2 aromatic carbocycles. The van der Waals surface area contributed by atoms with Crippen LogP contribution in [0.5, 0.6) is 0 Å². The minimum absolute atomic E-state index is 0. The van der Waals surface area contributed by atoms with Gasteiger partial charge in [-0.1, -0.05) is 56.1 Å². The summed E-state index contributed by atoms with van der Waals surface area (Å²) >= 11 is 12.4. The van der Waals surface area contributed by atoms with E-state index in [1.165, 1.54) is 12.1 Å². The molecular formula is C27H33Cl3FN3O4. The molecule has 0 aliphatic carbocycles. The number of aliphatic hydroxyl groups is 2. The maximum Gasteiger partial charge on any atom is 0.237 e. The van der Waals surface area contributed by atoms with E-state index in [9.17, 15) is 19.1 Å². The Morgan fingerprint density at radius 3 is 2.58 bits per heavy atom. The highest BCUT2D eigenvalue weighted by Gasteiger charge is 2.65. The molecule has 2 aliphatic rings. The van der Waals surface area contributed by atoms with Gasteiger partial charge < -0.3 is 26.2 Å². The van der Waals surface area contributed by atoms with Gasteiger partial charge in [-0.2, -0.15) is 0 Å². The average Bonchev–Trinajstić information content (AvgIpc) is 3.28. The molecule has 38 heavy (non-hydrogen) atoms. The lowest BCUT2D eigenvalue weighted by atomic mass is 9.62. The van der Waals surface area contributed by atoms with Crippen LogP contribution in [0.1, 0.15) is 50.7 Å². The number of amides is 2. The molecule has 5 N–H and O–H groups in total. The number of nitrogens with one attached hydrogen (secondary N) is 3. The molecule has 1 fully saturated rings. The predicted molar refractivity (Wildman–Crippen MR) is 149 cm³/mol. The second kappa shape index (κ2) is 11.7. The smallest absolute Gasteiger partial charge is 0.237 e. The third-order valence-corrected chi connectivity index (χ3v) is 7.70. The fraction of sp³-hybridized carbons (Fsp3) is 0.481. The van der Waals surface area contributed by atoms with Crippen LogP contribution in [-0.4, -0.2) is 53.4 Å². The summed E-state index contributed by atoms with van der Waals surface area (Å²) in [5, 5.41) is 28.3. The zero-order valence-corrected chi connectivity index (χ0v) is 23.7. The van der Waals surface area contributed by atoms with Crippen molar-refractivity contribution in [2.75, 3.05) is 18.5 Å². The van der Waals surface area contributed by atoms with Crippen LogP contribution in [0.15, 0.2) is 36.4 Å².